The molecule has 1 aromatic carbocycles. The second kappa shape index (κ2) is 7.31. The van der Waals surface area contributed by atoms with E-state index in [1.165, 1.54) is 18.1 Å². The number of amides is 1. The van der Waals surface area contributed by atoms with E-state index in [0.29, 0.717) is 17.1 Å². The monoisotopic (exact) mass is 343 g/mol. The molecule has 3 aromatic rings. The first-order chi connectivity index (χ1) is 11.7. The molecule has 2 N–H and O–H groups in total. The van der Waals surface area contributed by atoms with Crippen LogP contribution in [0.4, 0.5) is 5.69 Å². The van der Waals surface area contributed by atoms with Crippen LogP contribution in [0.25, 0.3) is 11.2 Å². The predicted molar refractivity (Wildman–Crippen MR) is 93.2 cm³/mol. The van der Waals surface area contributed by atoms with E-state index >= 15 is 0 Å². The number of rotatable bonds is 6. The van der Waals surface area contributed by atoms with Gasteiger partial charge in [-0.3, -0.25) is 4.79 Å². The van der Waals surface area contributed by atoms with Crippen molar-refractivity contribution in [1.82, 2.24) is 19.9 Å². The van der Waals surface area contributed by atoms with Crippen molar-refractivity contribution < 1.29 is 9.53 Å². The smallest absolute Gasteiger partial charge is 0.237 e. The molecule has 3 rings (SSSR count). The van der Waals surface area contributed by atoms with E-state index in [1.807, 2.05) is 31.2 Å². The molecule has 2 aromatic heterocycles. The summed E-state index contributed by atoms with van der Waals surface area (Å²) in [5, 5.41) is 3.37. The number of aromatic amines is 1. The van der Waals surface area contributed by atoms with Gasteiger partial charge < -0.3 is 15.0 Å². The normalized spacial score (nSPS) is 12.1. The lowest BCUT2D eigenvalue weighted by molar-refractivity contribution is -0.115. The molecule has 0 aliphatic heterocycles. The van der Waals surface area contributed by atoms with E-state index in [1.54, 1.807) is 13.4 Å². The minimum Gasteiger partial charge on any atom is -0.497 e. The first kappa shape index (κ1) is 16.3. The lowest BCUT2D eigenvalue weighted by Crippen LogP contribution is -2.24. The third kappa shape index (κ3) is 3.48. The van der Waals surface area contributed by atoms with Gasteiger partial charge >= 0.3 is 0 Å². The van der Waals surface area contributed by atoms with Crippen molar-refractivity contribution in [3.63, 3.8) is 0 Å². The van der Waals surface area contributed by atoms with E-state index in [4.69, 9.17) is 4.74 Å². The Morgan fingerprint density at radius 1 is 1.29 bits per heavy atom. The van der Waals surface area contributed by atoms with Crippen LogP contribution in [-0.4, -0.2) is 38.2 Å². The summed E-state index contributed by atoms with van der Waals surface area (Å²) in [6.07, 6.45) is 3.70. The molecule has 0 saturated carbocycles. The van der Waals surface area contributed by atoms with E-state index in [2.05, 4.69) is 25.3 Å². The highest BCUT2D eigenvalue weighted by Crippen LogP contribution is 2.28. The number of carbonyl (C=O) groups is 1. The van der Waals surface area contributed by atoms with Gasteiger partial charge in [0.05, 0.1) is 18.7 Å². The van der Waals surface area contributed by atoms with Gasteiger partial charge in [0.1, 0.15) is 22.6 Å². The number of carbonyl (C=O) groups excluding carboxylic acids is 1. The van der Waals surface area contributed by atoms with E-state index in [0.717, 1.165) is 17.0 Å². The first-order valence-electron chi connectivity index (χ1n) is 7.47. The number of hydrogen-bond donors (Lipinski definition) is 2. The van der Waals surface area contributed by atoms with Crippen molar-refractivity contribution in [1.29, 1.82) is 0 Å². The number of nitrogens with zero attached hydrogens (tertiary/aromatic N) is 3. The van der Waals surface area contributed by atoms with E-state index < -0.39 is 0 Å². The molecule has 0 fully saturated rings. The van der Waals surface area contributed by atoms with Gasteiger partial charge in [-0.05, 0) is 30.7 Å². The molecule has 1 unspecified atom stereocenters. The SMILES string of the molecule is CCC(Sc1ncnc2nc[nH]c12)C(=O)Nc1ccc(OC)cc1. The van der Waals surface area contributed by atoms with Crippen LogP contribution in [0.3, 0.4) is 0 Å². The second-order valence-electron chi connectivity index (χ2n) is 5.01. The standard InChI is InChI=1S/C16H17N5O2S/c1-3-12(15(22)21-10-4-6-11(23-2)7-5-10)24-16-13-14(18-8-17-13)19-9-20-16/h4-9,12H,3H2,1-2H3,(H,21,22)(H,17,18,19,20). The van der Waals surface area contributed by atoms with Gasteiger partial charge in [-0.15, -0.1) is 0 Å². The molecule has 0 spiro atoms. The number of aromatic nitrogens is 4. The number of methoxy groups -OCH3 is 1. The Balaban J connectivity index is 1.73. The third-order valence-corrected chi connectivity index (χ3v) is 4.83. The maximum absolute atomic E-state index is 12.5. The van der Waals surface area contributed by atoms with Crippen LogP contribution in [0.15, 0.2) is 41.9 Å². The minimum atomic E-state index is -0.270. The number of fused-ring (bicyclic) bond motifs is 1. The van der Waals surface area contributed by atoms with Gasteiger partial charge in [0.25, 0.3) is 0 Å². The molecule has 0 aliphatic rings. The van der Waals surface area contributed by atoms with Crippen LogP contribution < -0.4 is 10.1 Å². The molecule has 0 radical (unpaired) electrons. The van der Waals surface area contributed by atoms with Crippen LogP contribution in [-0.2, 0) is 4.79 Å². The van der Waals surface area contributed by atoms with Crippen LogP contribution in [0.2, 0.25) is 0 Å². The molecular formula is C16H17N5O2S. The van der Waals surface area contributed by atoms with Crippen LogP contribution >= 0.6 is 11.8 Å². The molecule has 1 amide bonds. The highest BCUT2D eigenvalue weighted by atomic mass is 32.2. The fraction of sp³-hybridized carbons (Fsp3) is 0.250. The van der Waals surface area contributed by atoms with Crippen molar-refractivity contribution in [3.05, 3.63) is 36.9 Å². The van der Waals surface area contributed by atoms with Gasteiger partial charge in [-0.2, -0.15) is 0 Å². The maximum Gasteiger partial charge on any atom is 0.237 e. The zero-order valence-corrected chi connectivity index (χ0v) is 14.1. The molecule has 0 bridgehead atoms. The van der Waals surface area contributed by atoms with Crippen molar-refractivity contribution in [2.24, 2.45) is 0 Å². The third-order valence-electron chi connectivity index (χ3n) is 3.46. The summed E-state index contributed by atoms with van der Waals surface area (Å²) in [5.74, 6) is 0.677. The molecule has 7 nitrogen and oxygen atoms in total. The molecular weight excluding hydrogens is 326 g/mol. The van der Waals surface area contributed by atoms with Crippen LogP contribution in [0.5, 0.6) is 5.75 Å². The summed E-state index contributed by atoms with van der Waals surface area (Å²) in [6, 6.07) is 7.24. The summed E-state index contributed by atoms with van der Waals surface area (Å²) >= 11 is 1.40. The van der Waals surface area contributed by atoms with E-state index in [-0.39, 0.29) is 11.2 Å². The summed E-state index contributed by atoms with van der Waals surface area (Å²) in [6.45, 7) is 1.97. The molecule has 1 atom stereocenters. The lowest BCUT2D eigenvalue weighted by atomic mass is 10.2. The fourth-order valence-electron chi connectivity index (χ4n) is 2.19. The Hall–Kier alpha value is -2.61. The van der Waals surface area contributed by atoms with Gasteiger partial charge in [-0.1, -0.05) is 18.7 Å². The topological polar surface area (TPSA) is 92.8 Å². The van der Waals surface area contributed by atoms with Gasteiger partial charge in [0, 0.05) is 5.69 Å². The number of ether oxygens (including phenoxy) is 1. The van der Waals surface area contributed by atoms with Crippen molar-refractivity contribution >= 4 is 34.5 Å². The number of H-pyrrole nitrogens is 1. The Morgan fingerprint density at radius 2 is 2.08 bits per heavy atom. The molecule has 0 aliphatic carbocycles. The van der Waals surface area contributed by atoms with Gasteiger partial charge in [-0.25, -0.2) is 15.0 Å². The fourth-order valence-corrected chi connectivity index (χ4v) is 3.16. The highest BCUT2D eigenvalue weighted by molar-refractivity contribution is 8.00. The zero-order valence-electron chi connectivity index (χ0n) is 13.3. The minimum absolute atomic E-state index is 0.0704. The van der Waals surface area contributed by atoms with Crippen molar-refractivity contribution in [2.75, 3.05) is 12.4 Å². The average Bonchev–Trinajstić information content (AvgIpc) is 3.09. The maximum atomic E-state index is 12.5. The number of imidazole rings is 1. The van der Waals surface area contributed by atoms with Gasteiger partial charge in [0.2, 0.25) is 5.91 Å². The first-order valence-corrected chi connectivity index (χ1v) is 8.35. The second-order valence-corrected chi connectivity index (χ2v) is 6.20. The number of nitrogens with one attached hydrogen (secondary N) is 2. The van der Waals surface area contributed by atoms with Crippen molar-refractivity contribution in [3.8, 4) is 5.75 Å². The molecule has 124 valence electrons. The number of benzene rings is 1. The summed E-state index contributed by atoms with van der Waals surface area (Å²) in [4.78, 5) is 28.0. The Labute approximate surface area is 143 Å². The van der Waals surface area contributed by atoms with Crippen LogP contribution in [0, 0.1) is 0 Å². The highest BCUT2D eigenvalue weighted by Gasteiger charge is 2.20. The Kier molecular flexibility index (Phi) is 4.95. The summed E-state index contributed by atoms with van der Waals surface area (Å²) in [7, 11) is 1.61. The van der Waals surface area contributed by atoms with Crippen LogP contribution in [0.1, 0.15) is 13.3 Å². The lowest BCUT2D eigenvalue weighted by Gasteiger charge is -2.14. The number of hydrogen-bond acceptors (Lipinski definition) is 6. The average molecular weight is 343 g/mol. The number of thioether (sulfide) groups is 1. The van der Waals surface area contributed by atoms with Crippen molar-refractivity contribution in [2.45, 2.75) is 23.6 Å². The van der Waals surface area contributed by atoms with Gasteiger partial charge in [0.15, 0.2) is 5.65 Å². The van der Waals surface area contributed by atoms with E-state index in [9.17, 15) is 4.79 Å². The quantitative estimate of drug-likeness (QED) is 0.528. The summed E-state index contributed by atoms with van der Waals surface area (Å²) < 4.78 is 5.11. The zero-order chi connectivity index (χ0) is 16.9. The predicted octanol–water partition coefficient (Wildman–Crippen LogP) is 2.87. The molecule has 0 saturated heterocycles. The Morgan fingerprint density at radius 3 is 2.79 bits per heavy atom. The Bertz CT molecular complexity index is 834. The molecule has 24 heavy (non-hydrogen) atoms. The molecule has 8 heteroatoms. The largest absolute Gasteiger partial charge is 0.497 e. The summed E-state index contributed by atoms with van der Waals surface area (Å²) in [5.41, 5.74) is 2.07. The number of anilines is 1. The molecule has 2 heterocycles.